The van der Waals surface area contributed by atoms with E-state index in [-0.39, 0.29) is 43.5 Å². The number of anilines is 1. The van der Waals surface area contributed by atoms with E-state index in [0.717, 1.165) is 5.56 Å². The molecule has 0 bridgehead atoms. The summed E-state index contributed by atoms with van der Waals surface area (Å²) in [6.07, 6.45) is -5.35. The Morgan fingerprint density at radius 2 is 1.89 bits per heavy atom. The number of fused-ring (bicyclic) bond motifs is 1. The SMILES string of the molecule is [2H]C1([2H])CO[C@@H]2OC[C@H](OC(=O)N[C@@H](Cc3ccccc3)[C@H](O)CN(CC(C)C)S(=O)(=O)c3ccc(N)cc3)[C@@H]21. The fourth-order valence-electron chi connectivity index (χ4n) is 4.56. The lowest BCUT2D eigenvalue weighted by molar-refractivity contribution is -0.0907. The summed E-state index contributed by atoms with van der Waals surface area (Å²) in [5.41, 5.74) is 6.97. The number of carbonyl (C=O) groups is 1. The third-order valence-electron chi connectivity index (χ3n) is 6.49. The molecule has 2 aliphatic rings. The van der Waals surface area contributed by atoms with Crippen molar-refractivity contribution in [2.24, 2.45) is 11.8 Å². The van der Waals surface area contributed by atoms with Crippen LogP contribution < -0.4 is 11.1 Å². The fraction of sp³-hybridized carbons (Fsp3) is 0.519. The molecule has 11 heteroatoms. The van der Waals surface area contributed by atoms with Gasteiger partial charge < -0.3 is 30.4 Å². The van der Waals surface area contributed by atoms with E-state index in [1.165, 1.54) is 28.6 Å². The molecule has 5 atom stereocenters. The van der Waals surface area contributed by atoms with Crippen LogP contribution in [0.1, 0.15) is 28.5 Å². The van der Waals surface area contributed by atoms with Gasteiger partial charge in [0.05, 0.1) is 36.2 Å². The zero-order valence-electron chi connectivity index (χ0n) is 23.5. The lowest BCUT2D eigenvalue weighted by atomic mass is 10.0. The number of hydrogen-bond donors (Lipinski definition) is 3. The predicted molar refractivity (Wildman–Crippen MR) is 142 cm³/mol. The Labute approximate surface area is 226 Å². The van der Waals surface area contributed by atoms with E-state index in [2.05, 4.69) is 5.32 Å². The van der Waals surface area contributed by atoms with Gasteiger partial charge >= 0.3 is 6.09 Å². The Kier molecular flexibility index (Phi) is 8.37. The van der Waals surface area contributed by atoms with E-state index in [1.54, 1.807) is 0 Å². The topological polar surface area (TPSA) is 140 Å². The number of nitrogens with zero attached hydrogens (tertiary/aromatic N) is 1. The number of nitrogens with two attached hydrogens (primary N) is 1. The zero-order valence-corrected chi connectivity index (χ0v) is 22.3. The minimum absolute atomic E-state index is 0.0177. The zero-order chi connectivity index (χ0) is 29.1. The van der Waals surface area contributed by atoms with Crippen LogP contribution in [0.5, 0.6) is 0 Å². The normalized spacial score (nSPS) is 24.9. The number of alkyl carbamates (subject to hydrolysis) is 1. The molecule has 1 amide bonds. The Balaban J connectivity index is 1.52. The first kappa shape index (κ1) is 25.6. The molecule has 0 spiro atoms. The van der Waals surface area contributed by atoms with Crippen molar-refractivity contribution < 1.29 is 35.3 Å². The van der Waals surface area contributed by atoms with Gasteiger partial charge in [0.15, 0.2) is 6.29 Å². The molecule has 2 aromatic carbocycles. The van der Waals surface area contributed by atoms with Crippen molar-refractivity contribution in [3.05, 3.63) is 60.2 Å². The van der Waals surface area contributed by atoms with Gasteiger partial charge in [-0.25, -0.2) is 13.2 Å². The van der Waals surface area contributed by atoms with Crippen LogP contribution in [0.2, 0.25) is 0 Å². The van der Waals surface area contributed by atoms with Gasteiger partial charge in [-0.2, -0.15) is 4.31 Å². The number of hydrogen-bond acceptors (Lipinski definition) is 8. The highest BCUT2D eigenvalue weighted by Crippen LogP contribution is 2.33. The molecule has 0 radical (unpaired) electrons. The third-order valence-corrected chi connectivity index (χ3v) is 8.33. The van der Waals surface area contributed by atoms with Crippen LogP contribution in [0.15, 0.2) is 59.5 Å². The number of ether oxygens (including phenoxy) is 3. The van der Waals surface area contributed by atoms with Crippen LogP contribution in [0.4, 0.5) is 10.5 Å². The molecule has 2 saturated heterocycles. The van der Waals surface area contributed by atoms with Gasteiger partial charge in [-0.1, -0.05) is 44.2 Å². The van der Waals surface area contributed by atoms with Gasteiger partial charge in [-0.05, 0) is 48.5 Å². The number of benzene rings is 2. The minimum atomic E-state index is -3.98. The lowest BCUT2D eigenvalue weighted by Gasteiger charge is -2.31. The number of nitrogens with one attached hydrogen (secondary N) is 1. The first-order chi connectivity index (χ1) is 18.9. The van der Waals surface area contributed by atoms with E-state index < -0.39 is 52.9 Å². The summed E-state index contributed by atoms with van der Waals surface area (Å²) in [5, 5.41) is 14.0. The van der Waals surface area contributed by atoms with Crippen molar-refractivity contribution in [1.82, 2.24) is 9.62 Å². The van der Waals surface area contributed by atoms with Crippen molar-refractivity contribution in [1.29, 1.82) is 0 Å². The summed E-state index contributed by atoms with van der Waals surface area (Å²) in [5.74, 6) is -0.817. The maximum Gasteiger partial charge on any atom is 0.407 e. The Morgan fingerprint density at radius 3 is 2.58 bits per heavy atom. The smallest absolute Gasteiger partial charge is 0.407 e. The summed E-state index contributed by atoms with van der Waals surface area (Å²) in [4.78, 5) is 13.1. The molecule has 0 aromatic heterocycles. The lowest BCUT2D eigenvalue weighted by Crippen LogP contribution is -2.51. The molecule has 208 valence electrons. The van der Waals surface area contributed by atoms with Gasteiger partial charge in [-0.3, -0.25) is 0 Å². The summed E-state index contributed by atoms with van der Waals surface area (Å²) in [7, 11) is -3.98. The van der Waals surface area contributed by atoms with Crippen molar-refractivity contribution in [2.45, 2.75) is 56.1 Å². The molecule has 0 unspecified atom stereocenters. The highest BCUT2D eigenvalue weighted by atomic mass is 32.2. The molecule has 2 aliphatic heterocycles. The first-order valence-electron chi connectivity index (χ1n) is 13.6. The first-order valence-corrected chi connectivity index (χ1v) is 14.1. The van der Waals surface area contributed by atoms with Crippen molar-refractivity contribution in [2.75, 3.05) is 32.0 Å². The van der Waals surface area contributed by atoms with Crippen molar-refractivity contribution >= 4 is 21.8 Å². The van der Waals surface area contributed by atoms with Crippen molar-refractivity contribution in [3.63, 3.8) is 0 Å². The van der Waals surface area contributed by atoms with E-state index in [4.69, 9.17) is 22.7 Å². The second-order valence-corrected chi connectivity index (χ2v) is 11.9. The quantitative estimate of drug-likeness (QED) is 0.363. The molecule has 4 N–H and O–H groups in total. The second-order valence-electron chi connectivity index (χ2n) is 9.98. The largest absolute Gasteiger partial charge is 0.443 e. The van der Waals surface area contributed by atoms with E-state index in [0.29, 0.717) is 5.69 Å². The van der Waals surface area contributed by atoms with E-state index in [1.807, 2.05) is 44.2 Å². The fourth-order valence-corrected chi connectivity index (χ4v) is 6.18. The number of aliphatic hydroxyl groups is 1. The molecule has 2 aromatic rings. The molecule has 4 rings (SSSR count). The van der Waals surface area contributed by atoms with Gasteiger partial charge in [0.2, 0.25) is 10.0 Å². The maximum absolute atomic E-state index is 13.5. The van der Waals surface area contributed by atoms with Crippen LogP contribution in [0.25, 0.3) is 0 Å². The average Bonchev–Trinajstić information content (AvgIpc) is 3.44. The summed E-state index contributed by atoms with van der Waals surface area (Å²) in [6.45, 7) is 3.43. The average molecular weight is 550 g/mol. The minimum Gasteiger partial charge on any atom is -0.443 e. The van der Waals surface area contributed by atoms with E-state index in [9.17, 15) is 18.3 Å². The number of amides is 1. The predicted octanol–water partition coefficient (Wildman–Crippen LogP) is 2.38. The molecular formula is C27H37N3O7S. The molecule has 2 heterocycles. The van der Waals surface area contributed by atoms with Crippen LogP contribution in [-0.4, -0.2) is 74.8 Å². The highest BCUT2D eigenvalue weighted by molar-refractivity contribution is 7.89. The van der Waals surface area contributed by atoms with Gasteiger partial charge in [-0.15, -0.1) is 0 Å². The number of sulfonamides is 1. The number of carbonyl (C=O) groups excluding carboxylic acids is 1. The maximum atomic E-state index is 13.5. The van der Waals surface area contributed by atoms with Crippen LogP contribution in [-0.2, 0) is 30.7 Å². The summed E-state index contributed by atoms with van der Waals surface area (Å²) >= 11 is 0. The number of nitrogen functional groups attached to an aromatic ring is 1. The highest BCUT2D eigenvalue weighted by Gasteiger charge is 2.44. The molecule has 2 fully saturated rings. The number of aliphatic hydroxyl groups excluding tert-OH is 1. The number of rotatable bonds is 11. The standard InChI is InChI=1S/C27H37N3O7S/c1-18(2)15-30(38(33,34)21-10-8-20(28)9-11-21)16-24(31)23(14-19-6-4-3-5-7-19)29-27(32)37-25-17-36-26-22(25)12-13-35-26/h3-11,18,22-26,31H,12-17,28H2,1-2H3,(H,29,32)/t22-,23-,24+,25-,26+/m0/s1/i12D2. The van der Waals surface area contributed by atoms with Gasteiger partial charge in [0, 0.05) is 21.5 Å². The van der Waals surface area contributed by atoms with Crippen LogP contribution in [0, 0.1) is 11.8 Å². The Hall–Kier alpha value is -2.70. The van der Waals surface area contributed by atoms with Crippen LogP contribution in [0.3, 0.4) is 0 Å². The third kappa shape index (κ3) is 7.03. The van der Waals surface area contributed by atoms with Crippen LogP contribution >= 0.6 is 0 Å². The van der Waals surface area contributed by atoms with Gasteiger partial charge in [0.25, 0.3) is 0 Å². The Bertz CT molecular complexity index is 1250. The Morgan fingerprint density at radius 1 is 1.18 bits per heavy atom. The summed E-state index contributed by atoms with van der Waals surface area (Å²) in [6, 6.07) is 14.1. The summed E-state index contributed by atoms with van der Waals surface area (Å²) < 4.78 is 60.9. The second kappa shape index (κ2) is 12.4. The van der Waals surface area contributed by atoms with E-state index >= 15 is 0 Å². The molecule has 0 saturated carbocycles. The van der Waals surface area contributed by atoms with Crippen molar-refractivity contribution in [3.8, 4) is 0 Å². The molecule has 38 heavy (non-hydrogen) atoms. The molecule has 0 aliphatic carbocycles. The monoisotopic (exact) mass is 549 g/mol. The molecular weight excluding hydrogens is 510 g/mol. The molecule has 10 nitrogen and oxygen atoms in total. The van der Waals surface area contributed by atoms with Gasteiger partial charge in [0.1, 0.15) is 6.10 Å².